The molecule has 136 valence electrons. The first kappa shape index (κ1) is 18.4. The number of carboxylic acids is 1. The van der Waals surface area contributed by atoms with Gasteiger partial charge in [0.05, 0.1) is 17.6 Å². The third-order valence-electron chi connectivity index (χ3n) is 4.52. The van der Waals surface area contributed by atoms with E-state index in [1.54, 1.807) is 0 Å². The van der Waals surface area contributed by atoms with Crippen LogP contribution in [0.1, 0.15) is 24.2 Å². The fourth-order valence-corrected chi connectivity index (χ4v) is 3.26. The van der Waals surface area contributed by atoms with E-state index in [0.29, 0.717) is 18.0 Å². The minimum atomic E-state index is -0.776. The number of hydrogen-bond acceptors (Lipinski definition) is 3. The van der Waals surface area contributed by atoms with Gasteiger partial charge >= 0.3 is 5.97 Å². The number of halogens is 1. The molecule has 2 aromatic carbocycles. The van der Waals surface area contributed by atoms with Gasteiger partial charge in [-0.3, -0.25) is 4.79 Å². The molecule has 6 heteroatoms. The van der Waals surface area contributed by atoms with Crippen molar-refractivity contribution in [3.05, 3.63) is 64.9 Å². The number of imidazole rings is 1. The van der Waals surface area contributed by atoms with Crippen molar-refractivity contribution in [1.82, 2.24) is 14.9 Å². The van der Waals surface area contributed by atoms with Crippen molar-refractivity contribution < 1.29 is 9.90 Å². The van der Waals surface area contributed by atoms with E-state index < -0.39 is 5.97 Å². The molecule has 0 spiro atoms. The highest BCUT2D eigenvalue weighted by atomic mass is 35.5. The highest BCUT2D eigenvalue weighted by Crippen LogP contribution is 2.20. The Morgan fingerprint density at radius 3 is 2.77 bits per heavy atom. The predicted octanol–water partition coefficient (Wildman–Crippen LogP) is 3.79. The molecule has 0 aliphatic rings. The standard InChI is InChI=1S/C20H22ClN3O2/c1-24-18-9-7-15(21)12-17(18)23-19(24)13-22-16(8-10-20(25)26)11-14-5-3-2-4-6-14/h2-7,9,12,16,22H,8,10-11,13H2,1H3,(H,25,26). The average molecular weight is 372 g/mol. The molecule has 0 aliphatic carbocycles. The van der Waals surface area contributed by atoms with Gasteiger partial charge in [0.2, 0.25) is 0 Å². The van der Waals surface area contributed by atoms with Gasteiger partial charge in [0.1, 0.15) is 5.82 Å². The Morgan fingerprint density at radius 2 is 2.04 bits per heavy atom. The molecule has 3 aromatic rings. The first-order chi connectivity index (χ1) is 12.5. The van der Waals surface area contributed by atoms with E-state index in [0.717, 1.165) is 23.3 Å². The van der Waals surface area contributed by atoms with Crippen molar-refractivity contribution in [3.8, 4) is 0 Å². The van der Waals surface area contributed by atoms with Crippen molar-refractivity contribution >= 4 is 28.6 Å². The average Bonchev–Trinajstić information content (AvgIpc) is 2.93. The lowest BCUT2D eigenvalue weighted by molar-refractivity contribution is -0.137. The van der Waals surface area contributed by atoms with Gasteiger partial charge in [0.15, 0.2) is 0 Å². The van der Waals surface area contributed by atoms with Gasteiger partial charge in [0.25, 0.3) is 0 Å². The molecule has 0 fully saturated rings. The maximum absolute atomic E-state index is 11.0. The topological polar surface area (TPSA) is 67.2 Å². The molecule has 0 amide bonds. The van der Waals surface area contributed by atoms with Gasteiger partial charge < -0.3 is 15.0 Å². The molecule has 26 heavy (non-hydrogen) atoms. The lowest BCUT2D eigenvalue weighted by atomic mass is 10.0. The second kappa shape index (κ2) is 8.34. The maximum Gasteiger partial charge on any atom is 0.303 e. The minimum Gasteiger partial charge on any atom is -0.481 e. The van der Waals surface area contributed by atoms with Crippen LogP contribution < -0.4 is 5.32 Å². The summed E-state index contributed by atoms with van der Waals surface area (Å²) in [4.78, 5) is 15.6. The Kier molecular flexibility index (Phi) is 5.91. The third-order valence-corrected chi connectivity index (χ3v) is 4.75. The van der Waals surface area contributed by atoms with E-state index in [9.17, 15) is 4.79 Å². The molecule has 0 radical (unpaired) electrons. The summed E-state index contributed by atoms with van der Waals surface area (Å²) in [5, 5.41) is 13.2. The molecule has 1 atom stereocenters. The van der Waals surface area contributed by atoms with E-state index in [4.69, 9.17) is 16.7 Å². The molecule has 0 aliphatic heterocycles. The van der Waals surface area contributed by atoms with Gasteiger partial charge in [0, 0.05) is 24.5 Å². The number of carbonyl (C=O) groups is 1. The summed E-state index contributed by atoms with van der Waals surface area (Å²) < 4.78 is 2.04. The number of nitrogens with zero attached hydrogens (tertiary/aromatic N) is 2. The normalized spacial score (nSPS) is 12.4. The number of benzene rings is 2. The fourth-order valence-electron chi connectivity index (χ4n) is 3.09. The van der Waals surface area contributed by atoms with Gasteiger partial charge in [-0.1, -0.05) is 41.9 Å². The molecular weight excluding hydrogens is 350 g/mol. The summed E-state index contributed by atoms with van der Waals surface area (Å²) in [6.07, 6.45) is 1.49. The SMILES string of the molecule is Cn1c(CNC(CCC(=O)O)Cc2ccccc2)nc2cc(Cl)ccc21. The molecule has 2 N–H and O–H groups in total. The zero-order valence-corrected chi connectivity index (χ0v) is 15.4. The Morgan fingerprint density at radius 1 is 1.27 bits per heavy atom. The molecule has 0 saturated carbocycles. The first-order valence-corrected chi connectivity index (χ1v) is 9.00. The zero-order chi connectivity index (χ0) is 18.5. The van der Waals surface area contributed by atoms with Crippen LogP contribution in [-0.4, -0.2) is 26.7 Å². The Bertz CT molecular complexity index is 893. The van der Waals surface area contributed by atoms with Crippen LogP contribution in [0.4, 0.5) is 0 Å². The summed E-state index contributed by atoms with van der Waals surface area (Å²) in [6.45, 7) is 0.569. The number of aromatic nitrogens is 2. The zero-order valence-electron chi connectivity index (χ0n) is 14.7. The number of hydrogen-bond donors (Lipinski definition) is 2. The molecular formula is C20H22ClN3O2. The van der Waals surface area contributed by atoms with Gasteiger partial charge in [-0.2, -0.15) is 0 Å². The van der Waals surface area contributed by atoms with Crippen LogP contribution in [0.3, 0.4) is 0 Å². The molecule has 3 rings (SSSR count). The highest BCUT2D eigenvalue weighted by molar-refractivity contribution is 6.31. The van der Waals surface area contributed by atoms with Crippen molar-refractivity contribution in [2.45, 2.75) is 31.8 Å². The largest absolute Gasteiger partial charge is 0.481 e. The van der Waals surface area contributed by atoms with Gasteiger partial charge in [-0.05, 0) is 36.6 Å². The van der Waals surface area contributed by atoms with Crippen molar-refractivity contribution in [2.75, 3.05) is 0 Å². The Balaban J connectivity index is 1.72. The van der Waals surface area contributed by atoms with E-state index in [2.05, 4.69) is 22.4 Å². The molecule has 1 heterocycles. The summed E-state index contributed by atoms with van der Waals surface area (Å²) in [5.74, 6) is 0.123. The van der Waals surface area contributed by atoms with Gasteiger partial charge in [-0.15, -0.1) is 0 Å². The minimum absolute atomic E-state index is 0.0666. The summed E-state index contributed by atoms with van der Waals surface area (Å²) >= 11 is 6.05. The summed E-state index contributed by atoms with van der Waals surface area (Å²) in [5.41, 5.74) is 3.07. The van der Waals surface area contributed by atoms with Crippen molar-refractivity contribution in [3.63, 3.8) is 0 Å². The van der Waals surface area contributed by atoms with Crippen LogP contribution in [0.5, 0.6) is 0 Å². The van der Waals surface area contributed by atoms with Crippen molar-refractivity contribution in [1.29, 1.82) is 0 Å². The first-order valence-electron chi connectivity index (χ1n) is 8.63. The number of rotatable bonds is 8. The molecule has 0 bridgehead atoms. The number of aliphatic carboxylic acids is 1. The fraction of sp³-hybridized carbons (Fsp3) is 0.300. The third kappa shape index (κ3) is 4.62. The second-order valence-corrected chi connectivity index (χ2v) is 6.86. The van der Waals surface area contributed by atoms with E-state index >= 15 is 0 Å². The van der Waals surface area contributed by atoms with Crippen LogP contribution in [0, 0.1) is 0 Å². The smallest absolute Gasteiger partial charge is 0.303 e. The second-order valence-electron chi connectivity index (χ2n) is 6.42. The highest BCUT2D eigenvalue weighted by Gasteiger charge is 2.14. The number of nitrogens with one attached hydrogen (secondary N) is 1. The molecule has 5 nitrogen and oxygen atoms in total. The Hall–Kier alpha value is -2.37. The van der Waals surface area contributed by atoms with E-state index in [1.807, 2.05) is 48.0 Å². The lowest BCUT2D eigenvalue weighted by Crippen LogP contribution is -2.32. The predicted molar refractivity (Wildman–Crippen MR) is 103 cm³/mol. The molecule has 1 unspecified atom stereocenters. The van der Waals surface area contributed by atoms with Gasteiger partial charge in [-0.25, -0.2) is 4.98 Å². The maximum atomic E-state index is 11.0. The van der Waals surface area contributed by atoms with E-state index in [1.165, 1.54) is 5.56 Å². The number of aryl methyl sites for hydroxylation is 1. The van der Waals surface area contributed by atoms with Crippen molar-refractivity contribution in [2.24, 2.45) is 7.05 Å². The van der Waals surface area contributed by atoms with Crippen LogP contribution >= 0.6 is 11.6 Å². The van der Waals surface area contributed by atoms with Crippen LogP contribution in [-0.2, 0) is 24.8 Å². The summed E-state index contributed by atoms with van der Waals surface area (Å²) in [7, 11) is 1.98. The lowest BCUT2D eigenvalue weighted by Gasteiger charge is -2.18. The van der Waals surface area contributed by atoms with Crippen LogP contribution in [0.15, 0.2) is 48.5 Å². The quantitative estimate of drug-likeness (QED) is 0.632. The van der Waals surface area contributed by atoms with E-state index in [-0.39, 0.29) is 12.5 Å². The Labute approximate surface area is 157 Å². The number of carboxylic acid groups (broad SMARTS) is 1. The van der Waals surface area contributed by atoms with Crippen LogP contribution in [0.25, 0.3) is 11.0 Å². The van der Waals surface area contributed by atoms with Crippen LogP contribution in [0.2, 0.25) is 5.02 Å². The molecule has 0 saturated heterocycles. The summed E-state index contributed by atoms with van der Waals surface area (Å²) in [6, 6.07) is 15.8. The molecule has 1 aromatic heterocycles. The monoisotopic (exact) mass is 371 g/mol. The number of fused-ring (bicyclic) bond motifs is 1.